The fourth-order valence-corrected chi connectivity index (χ4v) is 4.28. The molecule has 1 aromatic rings. The van der Waals surface area contributed by atoms with Crippen molar-refractivity contribution in [1.29, 1.82) is 0 Å². The van der Waals surface area contributed by atoms with Gasteiger partial charge in [-0.15, -0.1) is 0 Å². The zero-order valence-corrected chi connectivity index (χ0v) is 14.8. The van der Waals surface area contributed by atoms with Crippen molar-refractivity contribution in [1.82, 2.24) is 9.29 Å². The molecule has 5 nitrogen and oxygen atoms in total. The number of hydrogen-bond acceptors (Lipinski definition) is 4. The number of sulfonamides is 1. The molecule has 0 radical (unpaired) electrons. The second kappa shape index (κ2) is 7.70. The maximum Gasteiger partial charge on any atom is 0.246 e. The normalized spacial score (nSPS) is 13.7. The van der Waals surface area contributed by atoms with Crippen LogP contribution in [0.1, 0.15) is 20.3 Å². The van der Waals surface area contributed by atoms with Crippen LogP contribution < -0.4 is 0 Å². The Hall–Kier alpha value is -0.210. The van der Waals surface area contributed by atoms with Crippen LogP contribution in [0, 0.1) is 0 Å². The summed E-state index contributed by atoms with van der Waals surface area (Å²) in [6.07, 6.45) is 2.16. The van der Waals surface area contributed by atoms with Gasteiger partial charge in [-0.1, -0.05) is 18.5 Å². The molecule has 0 bridgehead atoms. The van der Waals surface area contributed by atoms with Crippen LogP contribution >= 0.6 is 27.5 Å². The summed E-state index contributed by atoms with van der Waals surface area (Å²) in [5.41, 5.74) is 0. The number of halogens is 2. The number of methoxy groups -OCH3 is 1. The standard InChI is InChI=1S/C12H18BrClN2O3S/c1-4-9(2)16(5-6-19-3)20(17,18)11-7-10(13)8-15-12(11)14/h7-9H,4-6H2,1-3H3. The second-order valence-electron chi connectivity index (χ2n) is 4.31. The number of hydrogen-bond donors (Lipinski definition) is 0. The van der Waals surface area contributed by atoms with Crippen molar-refractivity contribution < 1.29 is 13.2 Å². The smallest absolute Gasteiger partial charge is 0.246 e. The van der Waals surface area contributed by atoms with Gasteiger partial charge in [0.15, 0.2) is 0 Å². The summed E-state index contributed by atoms with van der Waals surface area (Å²) in [5, 5.41) is -0.0288. The van der Waals surface area contributed by atoms with Gasteiger partial charge in [0.25, 0.3) is 0 Å². The van der Waals surface area contributed by atoms with E-state index in [9.17, 15) is 8.42 Å². The van der Waals surface area contributed by atoms with Crippen molar-refractivity contribution in [2.24, 2.45) is 0 Å². The molecule has 0 N–H and O–H groups in total. The molecule has 0 saturated heterocycles. The highest BCUT2D eigenvalue weighted by molar-refractivity contribution is 9.10. The van der Waals surface area contributed by atoms with E-state index >= 15 is 0 Å². The SMILES string of the molecule is CCC(C)N(CCOC)S(=O)(=O)c1cc(Br)cnc1Cl. The highest BCUT2D eigenvalue weighted by Crippen LogP contribution is 2.27. The Kier molecular flexibility index (Phi) is 6.87. The molecule has 1 rings (SSSR count). The predicted molar refractivity (Wildman–Crippen MR) is 82.5 cm³/mol. The number of ether oxygens (including phenoxy) is 1. The molecule has 20 heavy (non-hydrogen) atoms. The molecule has 0 saturated carbocycles. The van der Waals surface area contributed by atoms with Crippen molar-refractivity contribution >= 4 is 37.6 Å². The Bertz CT molecular complexity index is 554. The third-order valence-electron chi connectivity index (χ3n) is 2.96. The lowest BCUT2D eigenvalue weighted by molar-refractivity contribution is 0.167. The van der Waals surface area contributed by atoms with Gasteiger partial charge in [-0.25, -0.2) is 13.4 Å². The van der Waals surface area contributed by atoms with Crippen LogP contribution in [0.4, 0.5) is 0 Å². The second-order valence-corrected chi connectivity index (χ2v) is 7.44. The van der Waals surface area contributed by atoms with Crippen molar-refractivity contribution in [3.05, 3.63) is 21.9 Å². The fourth-order valence-electron chi connectivity index (χ4n) is 1.67. The summed E-state index contributed by atoms with van der Waals surface area (Å²) < 4.78 is 32.4. The van der Waals surface area contributed by atoms with Gasteiger partial charge in [-0.2, -0.15) is 4.31 Å². The fraction of sp³-hybridized carbons (Fsp3) is 0.583. The summed E-state index contributed by atoms with van der Waals surface area (Å²) in [4.78, 5) is 3.88. The minimum Gasteiger partial charge on any atom is -0.383 e. The van der Waals surface area contributed by atoms with E-state index in [0.29, 0.717) is 17.5 Å². The molecule has 0 aliphatic heterocycles. The maximum atomic E-state index is 12.7. The van der Waals surface area contributed by atoms with E-state index in [4.69, 9.17) is 16.3 Å². The molecule has 0 aliphatic rings. The minimum atomic E-state index is -3.71. The Balaban J connectivity index is 3.24. The molecule has 0 aliphatic carbocycles. The zero-order valence-electron chi connectivity index (χ0n) is 11.6. The van der Waals surface area contributed by atoms with Crippen molar-refractivity contribution in [3.63, 3.8) is 0 Å². The van der Waals surface area contributed by atoms with E-state index in [1.54, 1.807) is 0 Å². The molecular weight excluding hydrogens is 368 g/mol. The minimum absolute atomic E-state index is 0.00458. The summed E-state index contributed by atoms with van der Waals surface area (Å²) in [7, 11) is -2.17. The quantitative estimate of drug-likeness (QED) is 0.677. The molecule has 1 heterocycles. The van der Waals surface area contributed by atoms with Gasteiger partial charge >= 0.3 is 0 Å². The number of aromatic nitrogens is 1. The van der Waals surface area contributed by atoms with E-state index in [0.717, 1.165) is 0 Å². The van der Waals surface area contributed by atoms with Gasteiger partial charge in [0.05, 0.1) is 6.61 Å². The van der Waals surface area contributed by atoms with Crippen LogP contribution in [0.5, 0.6) is 0 Å². The molecule has 0 aromatic carbocycles. The summed E-state index contributed by atoms with van der Waals surface area (Å²) in [6.45, 7) is 4.38. The first-order valence-corrected chi connectivity index (χ1v) is 8.77. The highest BCUT2D eigenvalue weighted by atomic mass is 79.9. The Morgan fingerprint density at radius 3 is 2.75 bits per heavy atom. The topological polar surface area (TPSA) is 59.5 Å². The molecule has 0 amide bonds. The predicted octanol–water partition coefficient (Wildman–Crippen LogP) is 2.93. The van der Waals surface area contributed by atoms with Crippen LogP contribution in [0.15, 0.2) is 21.6 Å². The van der Waals surface area contributed by atoms with Crippen molar-refractivity contribution in [3.8, 4) is 0 Å². The van der Waals surface area contributed by atoms with Crippen LogP contribution in [-0.4, -0.2) is 44.0 Å². The van der Waals surface area contributed by atoms with Gasteiger partial charge in [-0.3, -0.25) is 0 Å². The monoisotopic (exact) mass is 384 g/mol. The highest BCUT2D eigenvalue weighted by Gasteiger charge is 2.30. The third kappa shape index (κ3) is 4.14. The summed E-state index contributed by atoms with van der Waals surface area (Å²) in [6, 6.07) is 1.32. The summed E-state index contributed by atoms with van der Waals surface area (Å²) in [5.74, 6) is 0. The molecule has 0 fully saturated rings. The van der Waals surface area contributed by atoms with Crippen LogP contribution in [0.2, 0.25) is 5.15 Å². The maximum absolute atomic E-state index is 12.7. The molecular formula is C12H18BrClN2O3S. The van der Waals surface area contributed by atoms with Crippen LogP contribution in [0.3, 0.4) is 0 Å². The van der Waals surface area contributed by atoms with E-state index in [1.165, 1.54) is 23.7 Å². The zero-order chi connectivity index (χ0) is 15.3. The number of nitrogens with zero attached hydrogens (tertiary/aromatic N) is 2. The lowest BCUT2D eigenvalue weighted by atomic mass is 10.3. The van der Waals surface area contributed by atoms with Crippen LogP contribution in [-0.2, 0) is 14.8 Å². The van der Waals surface area contributed by atoms with Gasteiger partial charge in [0, 0.05) is 30.4 Å². The van der Waals surface area contributed by atoms with Gasteiger partial charge in [-0.05, 0) is 35.3 Å². The molecule has 0 spiro atoms. The van der Waals surface area contributed by atoms with E-state index in [2.05, 4.69) is 20.9 Å². The molecule has 1 atom stereocenters. The largest absolute Gasteiger partial charge is 0.383 e. The molecule has 8 heteroatoms. The van der Waals surface area contributed by atoms with Crippen molar-refractivity contribution in [2.75, 3.05) is 20.3 Å². The molecule has 1 unspecified atom stereocenters. The van der Waals surface area contributed by atoms with E-state index in [1.807, 2.05) is 13.8 Å². The van der Waals surface area contributed by atoms with Gasteiger partial charge < -0.3 is 4.74 Å². The summed E-state index contributed by atoms with van der Waals surface area (Å²) >= 11 is 9.15. The van der Waals surface area contributed by atoms with E-state index < -0.39 is 10.0 Å². The van der Waals surface area contributed by atoms with Gasteiger partial charge in [0.1, 0.15) is 10.0 Å². The first-order valence-electron chi connectivity index (χ1n) is 6.16. The lowest BCUT2D eigenvalue weighted by Crippen LogP contribution is -2.40. The first kappa shape index (κ1) is 17.8. The average Bonchev–Trinajstić information content (AvgIpc) is 2.41. The molecule has 1 aromatic heterocycles. The Morgan fingerprint density at radius 2 is 2.20 bits per heavy atom. The average molecular weight is 386 g/mol. The first-order chi connectivity index (χ1) is 9.34. The molecule has 114 valence electrons. The van der Waals surface area contributed by atoms with Gasteiger partial charge in [0.2, 0.25) is 10.0 Å². The van der Waals surface area contributed by atoms with E-state index in [-0.39, 0.29) is 22.6 Å². The Morgan fingerprint density at radius 1 is 1.55 bits per heavy atom. The lowest BCUT2D eigenvalue weighted by Gasteiger charge is -2.27. The van der Waals surface area contributed by atoms with Crippen LogP contribution in [0.25, 0.3) is 0 Å². The number of pyridine rings is 1. The Labute approximate surface area is 133 Å². The van der Waals surface area contributed by atoms with Crippen molar-refractivity contribution in [2.45, 2.75) is 31.2 Å². The number of rotatable bonds is 7. The third-order valence-corrected chi connectivity index (χ3v) is 5.83.